The molecule has 23 heavy (non-hydrogen) atoms. The lowest BCUT2D eigenvalue weighted by atomic mass is 10.1. The number of aliphatic hydroxyl groups is 1. The molecule has 5 nitrogen and oxygen atoms in total. The summed E-state index contributed by atoms with van der Waals surface area (Å²) in [4.78, 5) is 8.80. The van der Waals surface area contributed by atoms with Crippen molar-refractivity contribution in [2.45, 2.75) is 49.8 Å². The SMILES string of the molecule is [C-]#[N+]c1cc(C#N)cc(Sc2c(C(C)C)nc(CO)n2CC)c1. The van der Waals surface area contributed by atoms with Crippen LogP contribution in [0.5, 0.6) is 0 Å². The van der Waals surface area contributed by atoms with Crippen molar-refractivity contribution in [3.8, 4) is 6.07 Å². The molecule has 2 rings (SSSR count). The lowest BCUT2D eigenvalue weighted by Gasteiger charge is -2.11. The molecule has 118 valence electrons. The summed E-state index contributed by atoms with van der Waals surface area (Å²) in [5, 5.41) is 19.6. The van der Waals surface area contributed by atoms with E-state index in [4.69, 9.17) is 11.8 Å². The zero-order valence-electron chi connectivity index (χ0n) is 13.4. The standard InChI is InChI=1S/C17H18N4OS/c1-5-21-15(10-22)20-16(11(2)3)17(21)23-14-7-12(9-18)6-13(8-14)19-4/h6-8,11,22H,5,10H2,1-3H3. The van der Waals surface area contributed by atoms with Gasteiger partial charge in [0.1, 0.15) is 17.5 Å². The number of nitriles is 1. The lowest BCUT2D eigenvalue weighted by Crippen LogP contribution is -2.02. The third-order valence-corrected chi connectivity index (χ3v) is 4.49. The maximum Gasteiger partial charge on any atom is 0.189 e. The number of imidazole rings is 1. The van der Waals surface area contributed by atoms with E-state index in [9.17, 15) is 5.11 Å². The first-order valence-corrected chi connectivity index (χ1v) is 8.16. The van der Waals surface area contributed by atoms with Crippen LogP contribution in [0.15, 0.2) is 28.1 Å². The third-order valence-electron chi connectivity index (χ3n) is 3.39. The van der Waals surface area contributed by atoms with Gasteiger partial charge >= 0.3 is 0 Å². The lowest BCUT2D eigenvalue weighted by molar-refractivity contribution is 0.264. The number of aliphatic hydroxyl groups excluding tert-OH is 1. The summed E-state index contributed by atoms with van der Waals surface area (Å²) in [7, 11) is 0. The molecule has 1 aromatic heterocycles. The molecule has 0 spiro atoms. The highest BCUT2D eigenvalue weighted by Gasteiger charge is 2.19. The van der Waals surface area contributed by atoms with E-state index in [0.29, 0.717) is 23.6 Å². The van der Waals surface area contributed by atoms with Gasteiger partial charge in [-0.1, -0.05) is 25.6 Å². The fourth-order valence-corrected chi connectivity index (χ4v) is 3.64. The highest BCUT2D eigenvalue weighted by molar-refractivity contribution is 7.99. The predicted octanol–water partition coefficient (Wildman–Crippen LogP) is 4.09. The van der Waals surface area contributed by atoms with E-state index in [1.807, 2.05) is 11.5 Å². The average molecular weight is 326 g/mol. The molecule has 6 heteroatoms. The van der Waals surface area contributed by atoms with Gasteiger partial charge < -0.3 is 9.67 Å². The molecule has 0 atom stereocenters. The van der Waals surface area contributed by atoms with E-state index >= 15 is 0 Å². The van der Waals surface area contributed by atoms with Crippen LogP contribution >= 0.6 is 11.8 Å². The van der Waals surface area contributed by atoms with Crippen LogP contribution in [0.2, 0.25) is 0 Å². The van der Waals surface area contributed by atoms with Crippen LogP contribution < -0.4 is 0 Å². The Morgan fingerprint density at radius 3 is 2.70 bits per heavy atom. The molecule has 0 aliphatic heterocycles. The molecule has 0 fully saturated rings. The summed E-state index contributed by atoms with van der Waals surface area (Å²) in [5.41, 5.74) is 1.84. The molecule has 0 unspecified atom stereocenters. The van der Waals surface area contributed by atoms with E-state index in [1.54, 1.807) is 18.2 Å². The maximum atomic E-state index is 9.52. The molecule has 1 heterocycles. The zero-order chi connectivity index (χ0) is 17.0. The largest absolute Gasteiger partial charge is 0.388 e. The monoisotopic (exact) mass is 326 g/mol. The predicted molar refractivity (Wildman–Crippen MR) is 89.5 cm³/mol. The van der Waals surface area contributed by atoms with Crippen LogP contribution in [0, 0.1) is 17.9 Å². The number of hydrogen-bond acceptors (Lipinski definition) is 4. The molecular formula is C17H18N4OS. The second-order valence-corrected chi connectivity index (χ2v) is 6.38. The first-order chi connectivity index (χ1) is 11.0. The summed E-state index contributed by atoms with van der Waals surface area (Å²) in [6.07, 6.45) is 0. The highest BCUT2D eigenvalue weighted by Crippen LogP contribution is 2.36. The van der Waals surface area contributed by atoms with E-state index in [0.717, 1.165) is 15.6 Å². The van der Waals surface area contributed by atoms with Gasteiger partial charge in [0.25, 0.3) is 0 Å². The quantitative estimate of drug-likeness (QED) is 0.840. The van der Waals surface area contributed by atoms with Gasteiger partial charge in [0.15, 0.2) is 5.69 Å². The zero-order valence-corrected chi connectivity index (χ0v) is 14.2. The molecule has 0 aliphatic rings. The van der Waals surface area contributed by atoms with Crippen LogP contribution in [-0.4, -0.2) is 14.7 Å². The normalized spacial score (nSPS) is 10.6. The summed E-state index contributed by atoms with van der Waals surface area (Å²) >= 11 is 1.48. The fourth-order valence-electron chi connectivity index (χ4n) is 2.32. The first-order valence-electron chi connectivity index (χ1n) is 7.34. The van der Waals surface area contributed by atoms with E-state index in [2.05, 4.69) is 29.7 Å². The molecule has 0 amide bonds. The van der Waals surface area contributed by atoms with Gasteiger partial charge in [-0.05, 0) is 31.0 Å². The molecule has 0 saturated carbocycles. The Kier molecular flexibility index (Phi) is 5.44. The maximum absolute atomic E-state index is 9.52. The Labute approximate surface area is 140 Å². The molecule has 1 aromatic carbocycles. The first kappa shape index (κ1) is 17.1. The Morgan fingerprint density at radius 2 is 2.17 bits per heavy atom. The number of aromatic nitrogens is 2. The minimum absolute atomic E-state index is 0.111. The van der Waals surface area contributed by atoms with Crippen LogP contribution in [0.4, 0.5) is 5.69 Å². The topological polar surface area (TPSA) is 66.2 Å². The van der Waals surface area contributed by atoms with Gasteiger partial charge in [-0.3, -0.25) is 0 Å². The van der Waals surface area contributed by atoms with E-state index in [1.165, 1.54) is 11.8 Å². The molecule has 0 bridgehead atoms. The van der Waals surface area contributed by atoms with E-state index in [-0.39, 0.29) is 12.5 Å². The molecule has 0 saturated heterocycles. The Balaban J connectivity index is 2.54. The van der Waals surface area contributed by atoms with Crippen molar-refractivity contribution in [3.05, 3.63) is 46.7 Å². The molecule has 0 radical (unpaired) electrons. The second kappa shape index (κ2) is 7.32. The van der Waals surface area contributed by atoms with Gasteiger partial charge in [0.05, 0.1) is 18.3 Å². The van der Waals surface area contributed by atoms with Gasteiger partial charge in [0, 0.05) is 17.0 Å². The van der Waals surface area contributed by atoms with Crippen LogP contribution in [0.25, 0.3) is 4.85 Å². The van der Waals surface area contributed by atoms with Crippen LogP contribution in [0.1, 0.15) is 43.8 Å². The minimum Gasteiger partial charge on any atom is -0.388 e. The number of rotatable bonds is 5. The highest BCUT2D eigenvalue weighted by atomic mass is 32.2. The molecule has 1 N–H and O–H groups in total. The van der Waals surface area contributed by atoms with Gasteiger partial charge in [0.2, 0.25) is 0 Å². The van der Waals surface area contributed by atoms with Crippen molar-refractivity contribution in [1.82, 2.24) is 9.55 Å². The fraction of sp³-hybridized carbons (Fsp3) is 0.353. The van der Waals surface area contributed by atoms with Crippen molar-refractivity contribution >= 4 is 17.4 Å². The summed E-state index contributed by atoms with van der Waals surface area (Å²) < 4.78 is 1.98. The molecule has 0 aliphatic carbocycles. The minimum atomic E-state index is -0.111. The second-order valence-electron chi connectivity index (χ2n) is 5.32. The number of nitrogens with zero attached hydrogens (tertiary/aromatic N) is 4. The van der Waals surface area contributed by atoms with E-state index < -0.39 is 0 Å². The van der Waals surface area contributed by atoms with Crippen LogP contribution in [-0.2, 0) is 13.2 Å². The van der Waals surface area contributed by atoms with Crippen molar-refractivity contribution in [2.24, 2.45) is 0 Å². The summed E-state index contributed by atoms with van der Waals surface area (Å²) in [6, 6.07) is 7.22. The summed E-state index contributed by atoms with van der Waals surface area (Å²) in [5.74, 6) is 0.857. The van der Waals surface area contributed by atoms with Crippen molar-refractivity contribution < 1.29 is 5.11 Å². The summed E-state index contributed by atoms with van der Waals surface area (Å²) in [6.45, 7) is 13.9. The van der Waals surface area contributed by atoms with Crippen molar-refractivity contribution in [1.29, 1.82) is 5.26 Å². The number of hydrogen-bond donors (Lipinski definition) is 1. The number of benzene rings is 1. The smallest absolute Gasteiger partial charge is 0.189 e. The van der Waals surface area contributed by atoms with Gasteiger partial charge in [-0.15, -0.1) is 0 Å². The molecule has 2 aromatic rings. The van der Waals surface area contributed by atoms with Crippen molar-refractivity contribution in [2.75, 3.05) is 0 Å². The van der Waals surface area contributed by atoms with Crippen LogP contribution in [0.3, 0.4) is 0 Å². The Bertz CT molecular complexity index is 764. The molecular weight excluding hydrogens is 308 g/mol. The Hall–Kier alpha value is -2.28. The average Bonchev–Trinajstić information content (AvgIpc) is 2.91. The Morgan fingerprint density at radius 1 is 1.43 bits per heavy atom. The van der Waals surface area contributed by atoms with Gasteiger partial charge in [-0.2, -0.15) is 5.26 Å². The third kappa shape index (κ3) is 3.56. The van der Waals surface area contributed by atoms with Crippen molar-refractivity contribution in [3.63, 3.8) is 0 Å². The van der Waals surface area contributed by atoms with Gasteiger partial charge in [-0.25, -0.2) is 9.83 Å².